The highest BCUT2D eigenvalue weighted by Crippen LogP contribution is 2.08. The number of hydrogen-bond donors (Lipinski definition) is 6. The van der Waals surface area contributed by atoms with Crippen molar-refractivity contribution < 1.29 is 41.3 Å². The van der Waals surface area contributed by atoms with Gasteiger partial charge >= 0.3 is 0 Å². The molecular formula is C6H15NO9S2. The van der Waals surface area contributed by atoms with Gasteiger partial charge in [-0.15, -0.1) is 0 Å². The molecule has 1 atom stereocenters. The van der Waals surface area contributed by atoms with Gasteiger partial charge in [0.2, 0.25) is 0 Å². The van der Waals surface area contributed by atoms with Crippen molar-refractivity contribution in [1.82, 2.24) is 5.32 Å². The van der Waals surface area contributed by atoms with Crippen LogP contribution in [0.4, 0.5) is 0 Å². The van der Waals surface area contributed by atoms with Crippen LogP contribution in [0.5, 0.6) is 0 Å². The van der Waals surface area contributed by atoms with Crippen molar-refractivity contribution in [3.05, 3.63) is 0 Å². The Morgan fingerprint density at radius 1 is 0.944 bits per heavy atom. The van der Waals surface area contributed by atoms with E-state index >= 15 is 0 Å². The minimum Gasteiger partial charge on any atom is -0.394 e. The van der Waals surface area contributed by atoms with E-state index in [9.17, 15) is 16.8 Å². The molecule has 6 N–H and O–H groups in total. The zero-order chi connectivity index (χ0) is 14.6. The van der Waals surface area contributed by atoms with Crippen LogP contribution in [0.15, 0.2) is 0 Å². The maximum atomic E-state index is 10.9. The van der Waals surface area contributed by atoms with Gasteiger partial charge in [0.05, 0.1) is 25.4 Å². The predicted molar refractivity (Wildman–Crippen MR) is 58.9 cm³/mol. The summed E-state index contributed by atoms with van der Waals surface area (Å²) < 4.78 is 60.3. The normalized spacial score (nSPS) is 15.6. The fourth-order valence-corrected chi connectivity index (χ4v) is 3.09. The van der Waals surface area contributed by atoms with Crippen LogP contribution in [-0.2, 0) is 20.2 Å². The third-order valence-electron chi connectivity index (χ3n) is 2.10. The van der Waals surface area contributed by atoms with Gasteiger partial charge in [0.15, 0.2) is 5.37 Å². The molecule has 0 rings (SSSR count). The van der Waals surface area contributed by atoms with Gasteiger partial charge in [0.25, 0.3) is 20.2 Å². The minimum absolute atomic E-state index is 0.933. The van der Waals surface area contributed by atoms with Crippen molar-refractivity contribution in [2.45, 2.75) is 10.9 Å². The fraction of sp³-hybridized carbons (Fsp3) is 1.00. The van der Waals surface area contributed by atoms with Gasteiger partial charge in [0, 0.05) is 0 Å². The number of aliphatic hydroxyl groups is 3. The van der Waals surface area contributed by atoms with E-state index in [0.29, 0.717) is 0 Å². The molecule has 0 aromatic carbocycles. The Labute approximate surface area is 104 Å². The van der Waals surface area contributed by atoms with E-state index in [-0.39, 0.29) is 0 Å². The zero-order valence-electron chi connectivity index (χ0n) is 9.09. The molecule has 0 heterocycles. The lowest BCUT2D eigenvalue weighted by Gasteiger charge is -2.31. The van der Waals surface area contributed by atoms with Gasteiger partial charge in [-0.2, -0.15) is 16.8 Å². The number of hydrogen-bond acceptors (Lipinski definition) is 8. The summed E-state index contributed by atoms with van der Waals surface area (Å²) in [5.41, 5.74) is -1.93. The SMILES string of the molecule is O=S(=O)(O)CC(NC(CO)(CO)CO)S(=O)(=O)O. The smallest absolute Gasteiger partial charge is 0.282 e. The van der Waals surface area contributed by atoms with Crippen molar-refractivity contribution in [2.75, 3.05) is 25.6 Å². The van der Waals surface area contributed by atoms with Gasteiger partial charge in [-0.1, -0.05) is 0 Å². The lowest BCUT2D eigenvalue weighted by Crippen LogP contribution is -2.61. The molecule has 0 radical (unpaired) electrons. The summed E-state index contributed by atoms with van der Waals surface area (Å²) in [6.45, 7) is -2.80. The molecule has 10 nitrogen and oxygen atoms in total. The first kappa shape index (κ1) is 17.7. The molecule has 0 aliphatic rings. The number of rotatable bonds is 8. The van der Waals surface area contributed by atoms with Crippen molar-refractivity contribution in [3.8, 4) is 0 Å². The molecular weight excluding hydrogens is 294 g/mol. The van der Waals surface area contributed by atoms with E-state index in [1.54, 1.807) is 0 Å². The van der Waals surface area contributed by atoms with Crippen LogP contribution in [0.1, 0.15) is 0 Å². The molecule has 0 aliphatic carbocycles. The molecule has 0 spiro atoms. The van der Waals surface area contributed by atoms with E-state index in [0.717, 1.165) is 0 Å². The second-order valence-corrected chi connectivity index (χ2v) is 6.75. The van der Waals surface area contributed by atoms with Crippen LogP contribution in [-0.4, -0.2) is 77.7 Å². The molecule has 1 unspecified atom stereocenters. The van der Waals surface area contributed by atoms with Crippen LogP contribution in [0, 0.1) is 0 Å². The lowest BCUT2D eigenvalue weighted by molar-refractivity contribution is 0.0407. The van der Waals surface area contributed by atoms with E-state index in [1.807, 2.05) is 5.32 Å². The Hall–Kier alpha value is -0.340. The average Bonchev–Trinajstić information content (AvgIpc) is 2.21. The van der Waals surface area contributed by atoms with Crippen molar-refractivity contribution in [3.63, 3.8) is 0 Å². The molecule has 12 heteroatoms. The minimum atomic E-state index is -4.95. The first-order valence-corrected chi connectivity index (χ1v) is 7.62. The third-order valence-corrected chi connectivity index (χ3v) is 4.07. The average molecular weight is 309 g/mol. The number of nitrogens with one attached hydrogen (secondary N) is 1. The van der Waals surface area contributed by atoms with Crippen molar-refractivity contribution >= 4 is 20.2 Å². The molecule has 18 heavy (non-hydrogen) atoms. The summed E-state index contributed by atoms with van der Waals surface area (Å²) >= 11 is 0. The van der Waals surface area contributed by atoms with Crippen molar-refractivity contribution in [2.24, 2.45) is 0 Å². The first-order chi connectivity index (χ1) is 7.99. The molecule has 0 saturated carbocycles. The summed E-state index contributed by atoms with van der Waals surface area (Å²) in [5.74, 6) is -1.41. The maximum absolute atomic E-state index is 10.9. The molecule has 0 aromatic heterocycles. The second kappa shape index (κ2) is 6.21. The predicted octanol–water partition coefficient (Wildman–Crippen LogP) is -3.61. The summed E-state index contributed by atoms with van der Waals surface area (Å²) in [6, 6.07) is 0. The van der Waals surface area contributed by atoms with Crippen molar-refractivity contribution in [1.29, 1.82) is 0 Å². The Morgan fingerprint density at radius 2 is 1.33 bits per heavy atom. The summed E-state index contributed by atoms with van der Waals surface area (Å²) in [5, 5.41) is 26.4. The summed E-state index contributed by atoms with van der Waals surface area (Å²) in [6.07, 6.45) is 0. The van der Waals surface area contributed by atoms with Crippen LogP contribution in [0.3, 0.4) is 0 Å². The van der Waals surface area contributed by atoms with E-state index < -0.39 is 56.7 Å². The molecule has 0 bridgehead atoms. The van der Waals surface area contributed by atoms with Gasteiger partial charge in [-0.3, -0.25) is 14.4 Å². The topological polar surface area (TPSA) is 181 Å². The second-order valence-electron chi connectivity index (χ2n) is 3.65. The highest BCUT2D eigenvalue weighted by Gasteiger charge is 2.37. The monoisotopic (exact) mass is 309 g/mol. The van der Waals surface area contributed by atoms with Crippen LogP contribution in [0.25, 0.3) is 0 Å². The lowest BCUT2D eigenvalue weighted by atomic mass is 10.0. The first-order valence-electron chi connectivity index (χ1n) is 4.51. The summed E-state index contributed by atoms with van der Waals surface area (Å²) in [7, 11) is -9.70. The van der Waals surface area contributed by atoms with E-state index in [4.69, 9.17) is 24.4 Å². The van der Waals surface area contributed by atoms with E-state index in [2.05, 4.69) is 0 Å². The van der Waals surface area contributed by atoms with Gasteiger partial charge in [-0.25, -0.2) is 0 Å². The molecule has 0 aliphatic heterocycles. The quantitative estimate of drug-likeness (QED) is 0.245. The standard InChI is InChI=1S/C6H15NO9S2/c8-2-6(3-9,4-10)7-5(18(14,15)16)1-17(11,12)13/h5,7-10H,1-4H2,(H,11,12,13)(H,14,15,16). The highest BCUT2D eigenvalue weighted by atomic mass is 32.2. The van der Waals surface area contributed by atoms with Crippen LogP contribution < -0.4 is 5.32 Å². The molecule has 110 valence electrons. The number of aliphatic hydroxyl groups excluding tert-OH is 3. The van der Waals surface area contributed by atoms with Crippen LogP contribution >= 0.6 is 0 Å². The summed E-state index contributed by atoms with van der Waals surface area (Å²) in [4.78, 5) is 0. The Bertz CT molecular complexity index is 443. The molecule has 0 amide bonds. The Morgan fingerprint density at radius 3 is 1.56 bits per heavy atom. The largest absolute Gasteiger partial charge is 0.394 e. The molecule has 0 fully saturated rings. The molecule has 0 aromatic rings. The highest BCUT2D eigenvalue weighted by molar-refractivity contribution is 7.90. The molecule has 0 saturated heterocycles. The Balaban J connectivity index is 5.25. The Kier molecular flexibility index (Phi) is 6.09. The van der Waals surface area contributed by atoms with Crippen LogP contribution in [0.2, 0.25) is 0 Å². The van der Waals surface area contributed by atoms with Gasteiger partial charge in [-0.05, 0) is 0 Å². The fourth-order valence-electron chi connectivity index (χ4n) is 1.02. The zero-order valence-corrected chi connectivity index (χ0v) is 10.7. The van der Waals surface area contributed by atoms with Gasteiger partial charge in [0.1, 0.15) is 5.75 Å². The van der Waals surface area contributed by atoms with E-state index in [1.165, 1.54) is 0 Å². The maximum Gasteiger partial charge on any atom is 0.282 e. The van der Waals surface area contributed by atoms with Gasteiger partial charge < -0.3 is 15.3 Å². The third kappa shape index (κ3) is 5.53.